The molecule has 0 fully saturated rings. The molecule has 23 heavy (non-hydrogen) atoms. The minimum absolute atomic E-state index is 0.150. The molecule has 0 heterocycles. The number of hydrogen-bond acceptors (Lipinski definition) is 4. The third-order valence-corrected chi connectivity index (χ3v) is 4.99. The van der Waals surface area contributed by atoms with Crippen LogP contribution in [0.4, 0.5) is 4.79 Å². The van der Waals surface area contributed by atoms with Crippen LogP contribution in [0.25, 0.3) is 0 Å². The summed E-state index contributed by atoms with van der Waals surface area (Å²) in [6.45, 7) is 9.69. The van der Waals surface area contributed by atoms with Crippen molar-refractivity contribution in [3.05, 3.63) is 30.3 Å². The molecule has 1 N–H and O–H groups in total. The molecule has 1 unspecified atom stereocenters. The molecule has 0 aliphatic rings. The Morgan fingerprint density at radius 2 is 1.83 bits per heavy atom. The van der Waals surface area contributed by atoms with Crippen LogP contribution in [0.3, 0.4) is 0 Å². The zero-order valence-electron chi connectivity index (χ0n) is 14.8. The van der Waals surface area contributed by atoms with Gasteiger partial charge in [-0.1, -0.05) is 32.0 Å². The highest BCUT2D eigenvalue weighted by molar-refractivity contribution is 7.93. The van der Waals surface area contributed by atoms with E-state index in [2.05, 4.69) is 9.68 Å². The largest absolute Gasteiger partial charge is 0.444 e. The van der Waals surface area contributed by atoms with E-state index in [-0.39, 0.29) is 18.5 Å². The molecule has 5 nitrogen and oxygen atoms in total. The highest BCUT2D eigenvalue weighted by atomic mass is 32.2. The molecule has 1 rings (SSSR count). The Balaban J connectivity index is 2.83. The smallest absolute Gasteiger partial charge is 0.407 e. The molecule has 0 saturated heterocycles. The third kappa shape index (κ3) is 7.03. The molecule has 0 spiro atoms. The van der Waals surface area contributed by atoms with Crippen LogP contribution in [-0.2, 0) is 14.5 Å². The summed E-state index contributed by atoms with van der Waals surface area (Å²) in [5, 5.41) is 2.82. The zero-order chi connectivity index (χ0) is 17.7. The molecule has 0 aromatic heterocycles. The van der Waals surface area contributed by atoms with Crippen LogP contribution in [0.5, 0.6) is 0 Å². The maximum Gasteiger partial charge on any atom is 0.407 e. The minimum Gasteiger partial charge on any atom is -0.444 e. The van der Waals surface area contributed by atoms with Crippen molar-refractivity contribution in [3.8, 4) is 0 Å². The monoisotopic (exact) mass is 340 g/mol. The predicted molar refractivity (Wildman–Crippen MR) is 94.1 cm³/mol. The van der Waals surface area contributed by atoms with E-state index in [1.165, 1.54) is 0 Å². The number of hydrogen-bond donors (Lipinski definition) is 1. The van der Waals surface area contributed by atoms with Crippen molar-refractivity contribution >= 4 is 15.8 Å². The average Bonchev–Trinajstić information content (AvgIpc) is 2.42. The molecule has 1 amide bonds. The fourth-order valence-electron chi connectivity index (χ4n) is 1.85. The summed E-state index contributed by atoms with van der Waals surface area (Å²) in [4.78, 5) is 12.6. The van der Waals surface area contributed by atoms with Crippen LogP contribution < -0.4 is 5.32 Å². The second kappa shape index (κ2) is 7.81. The van der Waals surface area contributed by atoms with Gasteiger partial charge >= 0.3 is 6.09 Å². The summed E-state index contributed by atoms with van der Waals surface area (Å²) in [5.74, 6) is 0.150. The van der Waals surface area contributed by atoms with Gasteiger partial charge in [0.05, 0.1) is 22.3 Å². The van der Waals surface area contributed by atoms with Crippen LogP contribution in [0.15, 0.2) is 39.6 Å². The summed E-state index contributed by atoms with van der Waals surface area (Å²) in [5.41, 5.74) is -0.551. The molecule has 1 aromatic carbocycles. The van der Waals surface area contributed by atoms with Gasteiger partial charge in [0.2, 0.25) is 0 Å². The molecule has 6 heteroatoms. The molecule has 130 valence electrons. The number of nitrogens with zero attached hydrogens (tertiary/aromatic N) is 1. The van der Waals surface area contributed by atoms with E-state index in [1.54, 1.807) is 18.4 Å². The lowest BCUT2D eigenvalue weighted by atomic mass is 10.1. The maximum atomic E-state index is 12.7. The Bertz CT molecular complexity index is 627. The molecular formula is C17H28N2O3S. The Labute approximate surface area is 140 Å². The van der Waals surface area contributed by atoms with Crippen molar-refractivity contribution in [1.82, 2.24) is 5.32 Å². The van der Waals surface area contributed by atoms with Crippen molar-refractivity contribution in [3.63, 3.8) is 0 Å². The number of carbonyl (C=O) groups is 1. The number of benzene rings is 1. The third-order valence-electron chi connectivity index (χ3n) is 3.20. The normalized spacial score (nSPS) is 15.6. The van der Waals surface area contributed by atoms with Gasteiger partial charge in [0, 0.05) is 11.2 Å². The quantitative estimate of drug-likeness (QED) is 0.889. The Morgan fingerprint density at radius 3 is 2.30 bits per heavy atom. The maximum absolute atomic E-state index is 12.7. The van der Waals surface area contributed by atoms with Gasteiger partial charge in [-0.25, -0.2) is 13.4 Å². The van der Waals surface area contributed by atoms with E-state index in [0.29, 0.717) is 4.90 Å². The number of amides is 1. The first-order valence-corrected chi connectivity index (χ1v) is 9.66. The van der Waals surface area contributed by atoms with Gasteiger partial charge in [-0.2, -0.15) is 0 Å². The summed E-state index contributed by atoms with van der Waals surface area (Å²) < 4.78 is 22.3. The summed E-state index contributed by atoms with van der Waals surface area (Å²) in [6.07, 6.45) is 1.14. The fourth-order valence-corrected chi connectivity index (χ4v) is 3.11. The second-order valence-electron chi connectivity index (χ2n) is 6.92. The van der Waals surface area contributed by atoms with E-state index in [0.717, 1.165) is 0 Å². The van der Waals surface area contributed by atoms with Gasteiger partial charge in [-0.3, -0.25) is 0 Å². The van der Waals surface area contributed by atoms with Crippen molar-refractivity contribution in [2.24, 2.45) is 10.3 Å². The Kier molecular flexibility index (Phi) is 6.62. The van der Waals surface area contributed by atoms with Crippen LogP contribution >= 0.6 is 0 Å². The molecular weight excluding hydrogens is 312 g/mol. The van der Waals surface area contributed by atoms with Gasteiger partial charge in [-0.15, -0.1) is 0 Å². The van der Waals surface area contributed by atoms with Gasteiger partial charge in [0.25, 0.3) is 0 Å². The number of carbonyl (C=O) groups excluding carboxylic acids is 1. The van der Waals surface area contributed by atoms with E-state index < -0.39 is 21.4 Å². The van der Waals surface area contributed by atoms with Crippen molar-refractivity contribution in [2.45, 2.75) is 51.2 Å². The highest BCUT2D eigenvalue weighted by Crippen LogP contribution is 2.13. The van der Waals surface area contributed by atoms with Gasteiger partial charge in [0.15, 0.2) is 0 Å². The van der Waals surface area contributed by atoms with Crippen LogP contribution in [-0.4, -0.2) is 34.7 Å². The van der Waals surface area contributed by atoms with Crippen LogP contribution in [0.2, 0.25) is 0 Å². The van der Waals surface area contributed by atoms with Crippen molar-refractivity contribution in [1.29, 1.82) is 0 Å². The van der Waals surface area contributed by atoms with E-state index in [4.69, 9.17) is 4.74 Å². The van der Waals surface area contributed by atoms with Crippen molar-refractivity contribution < 1.29 is 13.7 Å². The van der Waals surface area contributed by atoms with E-state index in [9.17, 15) is 9.00 Å². The molecule has 0 radical (unpaired) electrons. The fraction of sp³-hybridized carbons (Fsp3) is 0.588. The first-order valence-electron chi connectivity index (χ1n) is 7.74. The molecule has 0 bridgehead atoms. The lowest BCUT2D eigenvalue weighted by molar-refractivity contribution is 0.0493. The van der Waals surface area contributed by atoms with Crippen molar-refractivity contribution in [2.75, 3.05) is 12.8 Å². The Hall–Kier alpha value is -1.56. The summed E-state index contributed by atoms with van der Waals surface area (Å²) >= 11 is 0. The van der Waals surface area contributed by atoms with Crippen LogP contribution in [0, 0.1) is 5.92 Å². The minimum atomic E-state index is -2.48. The first kappa shape index (κ1) is 19.5. The topological polar surface area (TPSA) is 67.8 Å². The molecule has 2 atom stereocenters. The number of nitrogens with one attached hydrogen (secondary N) is 1. The second-order valence-corrected chi connectivity index (χ2v) is 9.26. The molecule has 0 saturated carbocycles. The summed E-state index contributed by atoms with van der Waals surface area (Å²) in [6, 6.07) is 8.93. The van der Waals surface area contributed by atoms with Gasteiger partial charge in [-0.05, 0) is 38.8 Å². The average molecular weight is 340 g/mol. The lowest BCUT2D eigenvalue weighted by Gasteiger charge is -2.25. The van der Waals surface area contributed by atoms with E-state index in [1.807, 2.05) is 52.8 Å². The number of ether oxygens (including phenoxy) is 1. The molecule has 0 aliphatic carbocycles. The lowest BCUT2D eigenvalue weighted by Crippen LogP contribution is -2.43. The first-order chi connectivity index (χ1) is 10.5. The molecule has 0 aliphatic heterocycles. The van der Waals surface area contributed by atoms with E-state index >= 15 is 0 Å². The molecule has 1 aromatic rings. The Morgan fingerprint density at radius 1 is 1.26 bits per heavy atom. The predicted octanol–water partition coefficient (Wildman–Crippen LogP) is 3.69. The van der Waals surface area contributed by atoms with Gasteiger partial charge in [0.1, 0.15) is 5.60 Å². The zero-order valence-corrected chi connectivity index (χ0v) is 15.6. The highest BCUT2D eigenvalue weighted by Gasteiger charge is 2.21. The standard InChI is InChI=1S/C17H28N2O3S/c1-13(2)15(19-16(20)22-17(3,4)5)12-18-23(6,21)14-10-8-7-9-11-14/h7-11,13,15H,12H2,1-6H3,(H,19,20)/t15-,23?/m1/s1. The number of alkyl carbamates (subject to hydrolysis) is 1. The van der Waals surface area contributed by atoms with Crippen LogP contribution in [0.1, 0.15) is 34.6 Å². The SMILES string of the molecule is CC(C)[C@@H](CN=S(C)(=O)c1ccccc1)NC(=O)OC(C)(C)C. The van der Waals surface area contributed by atoms with Gasteiger partial charge < -0.3 is 10.1 Å². The summed E-state index contributed by atoms with van der Waals surface area (Å²) in [7, 11) is -2.48. The number of rotatable bonds is 5.